The Labute approximate surface area is 119 Å². The minimum absolute atomic E-state index is 0.252. The summed E-state index contributed by atoms with van der Waals surface area (Å²) in [5.41, 5.74) is 2.31. The van der Waals surface area contributed by atoms with Crippen molar-refractivity contribution in [2.24, 2.45) is 0 Å². The van der Waals surface area contributed by atoms with E-state index in [1.54, 1.807) is 13.0 Å². The second-order valence-corrected chi connectivity index (χ2v) is 5.69. The van der Waals surface area contributed by atoms with Crippen molar-refractivity contribution in [3.63, 3.8) is 0 Å². The summed E-state index contributed by atoms with van der Waals surface area (Å²) in [4.78, 5) is 0. The van der Waals surface area contributed by atoms with E-state index in [1.807, 2.05) is 24.3 Å². The molecule has 0 heterocycles. The van der Waals surface area contributed by atoms with E-state index in [2.05, 4.69) is 6.07 Å². The fourth-order valence-electron chi connectivity index (χ4n) is 3.12. The van der Waals surface area contributed by atoms with E-state index >= 15 is 0 Å². The van der Waals surface area contributed by atoms with Crippen LogP contribution in [0.2, 0.25) is 0 Å². The molecule has 1 nitrogen and oxygen atoms in total. The summed E-state index contributed by atoms with van der Waals surface area (Å²) in [6.07, 6.45) is 3.63. The molecule has 2 aromatic carbocycles. The van der Waals surface area contributed by atoms with Crippen LogP contribution in [-0.4, -0.2) is 5.11 Å². The lowest BCUT2D eigenvalue weighted by Gasteiger charge is -2.30. The highest BCUT2D eigenvalue weighted by Crippen LogP contribution is 2.39. The Bertz CT molecular complexity index is 635. The lowest BCUT2D eigenvalue weighted by molar-refractivity contribution is 0.0701. The third-order valence-corrected chi connectivity index (χ3v) is 4.35. The van der Waals surface area contributed by atoms with Crippen molar-refractivity contribution in [3.8, 4) is 0 Å². The topological polar surface area (TPSA) is 20.2 Å². The molecular weight excluding hydrogens is 251 g/mol. The van der Waals surface area contributed by atoms with Gasteiger partial charge in [-0.2, -0.15) is 0 Å². The van der Waals surface area contributed by atoms with Gasteiger partial charge in [-0.05, 0) is 60.9 Å². The van der Waals surface area contributed by atoms with E-state index < -0.39 is 5.60 Å². The van der Waals surface area contributed by atoms with E-state index in [-0.39, 0.29) is 5.82 Å². The van der Waals surface area contributed by atoms with Crippen molar-refractivity contribution >= 4 is 0 Å². The number of halogens is 1. The second-order valence-electron chi connectivity index (χ2n) is 5.69. The van der Waals surface area contributed by atoms with Crippen LogP contribution in [0.4, 0.5) is 4.39 Å². The number of hydrogen-bond acceptors (Lipinski definition) is 1. The normalized spacial score (nSPS) is 22.1. The van der Waals surface area contributed by atoms with Gasteiger partial charge in [0.2, 0.25) is 0 Å². The third kappa shape index (κ3) is 2.14. The van der Waals surface area contributed by atoms with Gasteiger partial charge < -0.3 is 5.11 Å². The molecule has 0 radical (unpaired) electrons. The Morgan fingerprint density at radius 3 is 2.70 bits per heavy atom. The van der Waals surface area contributed by atoms with Gasteiger partial charge in [0, 0.05) is 0 Å². The van der Waals surface area contributed by atoms with E-state index in [1.165, 1.54) is 11.6 Å². The van der Waals surface area contributed by atoms with Crippen molar-refractivity contribution in [2.75, 3.05) is 0 Å². The van der Waals surface area contributed by atoms with Gasteiger partial charge in [0.15, 0.2) is 0 Å². The highest BCUT2D eigenvalue weighted by Gasteiger charge is 2.34. The molecule has 0 saturated carbocycles. The van der Waals surface area contributed by atoms with E-state index in [0.29, 0.717) is 17.5 Å². The minimum atomic E-state index is -1.07. The molecule has 0 fully saturated rings. The average molecular weight is 270 g/mol. The fraction of sp³-hybridized carbons (Fsp3) is 0.333. The molecule has 1 aliphatic rings. The highest BCUT2D eigenvalue weighted by molar-refractivity contribution is 5.42. The van der Waals surface area contributed by atoms with Crippen molar-refractivity contribution in [3.05, 3.63) is 70.5 Å². The summed E-state index contributed by atoms with van der Waals surface area (Å²) in [5.74, 6) is -0.252. The quantitative estimate of drug-likeness (QED) is 0.774. The van der Waals surface area contributed by atoms with E-state index in [0.717, 1.165) is 24.8 Å². The van der Waals surface area contributed by atoms with Gasteiger partial charge >= 0.3 is 0 Å². The molecule has 0 spiro atoms. The monoisotopic (exact) mass is 270 g/mol. The van der Waals surface area contributed by atoms with Crippen molar-refractivity contribution in [1.29, 1.82) is 0 Å². The zero-order valence-corrected chi connectivity index (χ0v) is 11.7. The summed E-state index contributed by atoms with van der Waals surface area (Å²) >= 11 is 0. The number of aryl methyl sites for hydroxylation is 2. The number of hydrogen-bond donors (Lipinski definition) is 1. The molecule has 20 heavy (non-hydrogen) atoms. The van der Waals surface area contributed by atoms with Crippen LogP contribution < -0.4 is 0 Å². The predicted octanol–water partition coefficient (Wildman–Crippen LogP) is 4.10. The van der Waals surface area contributed by atoms with Crippen LogP contribution in [0.5, 0.6) is 0 Å². The Balaban J connectivity index is 2.17. The van der Waals surface area contributed by atoms with Crippen LogP contribution in [0.15, 0.2) is 42.5 Å². The van der Waals surface area contributed by atoms with Gasteiger partial charge in [0.1, 0.15) is 11.4 Å². The van der Waals surface area contributed by atoms with Gasteiger partial charge in [-0.15, -0.1) is 0 Å². The molecule has 0 aliphatic heterocycles. The second kappa shape index (κ2) is 5.02. The van der Waals surface area contributed by atoms with Crippen molar-refractivity contribution < 1.29 is 9.50 Å². The minimum Gasteiger partial charge on any atom is -0.380 e. The van der Waals surface area contributed by atoms with Crippen LogP contribution in [0, 0.1) is 12.7 Å². The molecule has 0 saturated heterocycles. The van der Waals surface area contributed by atoms with Crippen molar-refractivity contribution in [1.82, 2.24) is 0 Å². The molecule has 1 N–H and O–H groups in total. The van der Waals surface area contributed by atoms with Gasteiger partial charge in [-0.3, -0.25) is 0 Å². The van der Waals surface area contributed by atoms with Gasteiger partial charge in [0.25, 0.3) is 0 Å². The smallest absolute Gasteiger partial charge is 0.126 e. The molecule has 2 heteroatoms. The molecule has 1 unspecified atom stereocenters. The van der Waals surface area contributed by atoms with E-state index in [4.69, 9.17) is 0 Å². The third-order valence-electron chi connectivity index (χ3n) is 4.35. The summed E-state index contributed by atoms with van der Waals surface area (Å²) < 4.78 is 13.9. The number of benzene rings is 2. The Morgan fingerprint density at radius 1 is 1.10 bits per heavy atom. The first-order chi connectivity index (χ1) is 9.61. The standard InChI is InChI=1S/C18H19FO/c1-13-9-10-15(12-17(13)19)18(20)11-5-4-7-14-6-2-3-8-16(14)18/h2-3,6,8-10,12,20H,4-5,7,11H2,1H3. The van der Waals surface area contributed by atoms with Gasteiger partial charge in [-0.1, -0.05) is 36.4 Å². The molecule has 0 amide bonds. The molecular formula is C18H19FO. The first-order valence-corrected chi connectivity index (χ1v) is 7.19. The molecule has 0 bridgehead atoms. The molecule has 104 valence electrons. The summed E-state index contributed by atoms with van der Waals surface area (Å²) in [7, 11) is 0. The largest absolute Gasteiger partial charge is 0.380 e. The van der Waals surface area contributed by atoms with Gasteiger partial charge in [-0.25, -0.2) is 4.39 Å². The Hall–Kier alpha value is -1.67. The van der Waals surface area contributed by atoms with Crippen LogP contribution in [0.1, 0.15) is 41.5 Å². The van der Waals surface area contributed by atoms with E-state index in [9.17, 15) is 9.50 Å². The van der Waals surface area contributed by atoms with Crippen LogP contribution in [0.25, 0.3) is 0 Å². The molecule has 1 aliphatic carbocycles. The average Bonchev–Trinajstić information content (AvgIpc) is 2.63. The summed E-state index contributed by atoms with van der Waals surface area (Å²) in [5, 5.41) is 11.2. The molecule has 0 aromatic heterocycles. The van der Waals surface area contributed by atoms with Crippen LogP contribution in [0.3, 0.4) is 0 Å². The highest BCUT2D eigenvalue weighted by atomic mass is 19.1. The zero-order valence-electron chi connectivity index (χ0n) is 11.7. The number of rotatable bonds is 1. The fourth-order valence-corrected chi connectivity index (χ4v) is 3.12. The first-order valence-electron chi connectivity index (χ1n) is 7.19. The molecule has 3 rings (SSSR count). The van der Waals surface area contributed by atoms with Crippen molar-refractivity contribution in [2.45, 2.75) is 38.2 Å². The molecule has 2 aromatic rings. The maximum atomic E-state index is 13.9. The number of aliphatic hydroxyl groups is 1. The van der Waals surface area contributed by atoms with Gasteiger partial charge in [0.05, 0.1) is 0 Å². The zero-order chi connectivity index (χ0) is 14.2. The Kier molecular flexibility index (Phi) is 3.35. The number of fused-ring (bicyclic) bond motifs is 1. The summed E-state index contributed by atoms with van der Waals surface area (Å²) in [6, 6.07) is 13.1. The lowest BCUT2D eigenvalue weighted by Crippen LogP contribution is -2.27. The summed E-state index contributed by atoms with van der Waals surface area (Å²) in [6.45, 7) is 1.74. The maximum absolute atomic E-state index is 13.9. The Morgan fingerprint density at radius 2 is 1.90 bits per heavy atom. The lowest BCUT2D eigenvalue weighted by atomic mass is 9.81. The first kappa shape index (κ1) is 13.3. The molecule has 1 atom stereocenters. The van der Waals surface area contributed by atoms with Crippen LogP contribution in [-0.2, 0) is 12.0 Å². The van der Waals surface area contributed by atoms with Crippen LogP contribution >= 0.6 is 0 Å². The SMILES string of the molecule is Cc1ccc(C2(O)CCCCc3ccccc32)cc1F. The predicted molar refractivity (Wildman–Crippen MR) is 78.1 cm³/mol. The maximum Gasteiger partial charge on any atom is 0.126 e.